The molecule has 28 heavy (non-hydrogen) atoms. The Morgan fingerprint density at radius 3 is 2.96 bits per heavy atom. The van der Waals surface area contributed by atoms with Crippen LogP contribution in [0.4, 0.5) is 0 Å². The normalized spacial score (nSPS) is 19.3. The molecule has 0 unspecified atom stereocenters. The summed E-state index contributed by atoms with van der Waals surface area (Å²) in [5.74, 6) is 0.357. The predicted molar refractivity (Wildman–Crippen MR) is 109 cm³/mol. The Hall–Kier alpha value is -2.32. The van der Waals surface area contributed by atoms with Gasteiger partial charge in [-0.15, -0.1) is 11.3 Å². The summed E-state index contributed by atoms with van der Waals surface area (Å²) in [6.45, 7) is 2.57. The van der Waals surface area contributed by atoms with Gasteiger partial charge in [-0.1, -0.05) is 0 Å². The number of carbonyl (C=O) groups is 1. The highest BCUT2D eigenvalue weighted by atomic mass is 32.1. The van der Waals surface area contributed by atoms with Crippen LogP contribution in [0.5, 0.6) is 0 Å². The van der Waals surface area contributed by atoms with Gasteiger partial charge in [-0.05, 0) is 43.7 Å². The van der Waals surface area contributed by atoms with Gasteiger partial charge in [0.1, 0.15) is 5.52 Å². The molecule has 1 fully saturated rings. The average molecular weight is 397 g/mol. The first-order valence-corrected chi connectivity index (χ1v) is 10.8. The van der Waals surface area contributed by atoms with Crippen LogP contribution in [0.3, 0.4) is 0 Å². The molecule has 8 heteroatoms. The van der Waals surface area contributed by atoms with E-state index in [-0.39, 0.29) is 11.8 Å². The number of rotatable bonds is 4. The smallest absolute Gasteiger partial charge is 0.263 e. The Labute approximate surface area is 167 Å². The molecule has 3 aromatic rings. The number of thiophene rings is 1. The van der Waals surface area contributed by atoms with Crippen molar-refractivity contribution in [3.63, 3.8) is 0 Å². The number of likely N-dealkylation sites (tertiary alicyclic amines) is 1. The molecule has 0 bridgehead atoms. The van der Waals surface area contributed by atoms with Gasteiger partial charge in [-0.2, -0.15) is 5.10 Å². The van der Waals surface area contributed by atoms with Crippen LogP contribution in [0.2, 0.25) is 0 Å². The zero-order valence-corrected chi connectivity index (χ0v) is 16.6. The first kappa shape index (κ1) is 17.8. The van der Waals surface area contributed by atoms with Crippen LogP contribution >= 0.6 is 11.3 Å². The number of amides is 1. The van der Waals surface area contributed by atoms with Gasteiger partial charge in [0, 0.05) is 42.8 Å². The van der Waals surface area contributed by atoms with E-state index >= 15 is 0 Å². The van der Waals surface area contributed by atoms with E-state index in [4.69, 9.17) is 10.8 Å². The number of aryl methyl sites for hydroxylation is 2. The van der Waals surface area contributed by atoms with E-state index in [0.29, 0.717) is 19.6 Å². The van der Waals surface area contributed by atoms with Crippen LogP contribution in [-0.4, -0.2) is 50.2 Å². The molecule has 1 aliphatic heterocycles. The summed E-state index contributed by atoms with van der Waals surface area (Å²) in [7, 11) is 0. The summed E-state index contributed by atoms with van der Waals surface area (Å²) in [5, 5.41) is 4.76. The number of aromatic nitrogens is 4. The van der Waals surface area contributed by atoms with Gasteiger partial charge in [0.15, 0.2) is 5.65 Å². The standard InChI is InChI=1S/C20H24N6OS/c21-6-10-26-19-18(22-7-8-23-19)17(24-26)14-5-9-25(12-14)20(27)16-11-13-3-1-2-4-15(13)28-16/h7-8,11,14H,1-6,9-10,12,21H2/t14-/m1/s1. The maximum absolute atomic E-state index is 13.1. The lowest BCUT2D eigenvalue weighted by atomic mass is 9.99. The second-order valence-electron chi connectivity index (χ2n) is 7.63. The van der Waals surface area contributed by atoms with E-state index in [1.807, 2.05) is 9.58 Å². The first-order valence-electron chi connectivity index (χ1n) is 10.0. The summed E-state index contributed by atoms with van der Waals surface area (Å²) in [6, 6.07) is 2.13. The van der Waals surface area contributed by atoms with Crippen LogP contribution in [-0.2, 0) is 19.4 Å². The molecule has 0 saturated carbocycles. The van der Waals surface area contributed by atoms with Crippen LogP contribution in [0.1, 0.15) is 51.0 Å². The van der Waals surface area contributed by atoms with Gasteiger partial charge in [-0.25, -0.2) is 14.6 Å². The highest BCUT2D eigenvalue weighted by molar-refractivity contribution is 7.14. The van der Waals surface area contributed by atoms with Crippen molar-refractivity contribution in [3.05, 3.63) is 39.5 Å². The molecule has 1 saturated heterocycles. The van der Waals surface area contributed by atoms with E-state index < -0.39 is 0 Å². The van der Waals surface area contributed by atoms with Crippen molar-refractivity contribution in [3.8, 4) is 0 Å². The third kappa shape index (κ3) is 3.00. The van der Waals surface area contributed by atoms with Gasteiger partial charge in [0.25, 0.3) is 5.91 Å². The van der Waals surface area contributed by atoms with E-state index in [2.05, 4.69) is 16.0 Å². The number of nitrogens with two attached hydrogens (primary N) is 1. The van der Waals surface area contributed by atoms with Crippen molar-refractivity contribution >= 4 is 28.4 Å². The van der Waals surface area contributed by atoms with Gasteiger partial charge in [0.2, 0.25) is 0 Å². The fourth-order valence-corrected chi connectivity index (χ4v) is 5.62. The number of nitrogens with zero attached hydrogens (tertiary/aromatic N) is 5. The number of carbonyl (C=O) groups excluding carboxylic acids is 1. The van der Waals surface area contributed by atoms with Crippen LogP contribution in [0.25, 0.3) is 11.2 Å². The maximum Gasteiger partial charge on any atom is 0.263 e. The number of hydrogen-bond donors (Lipinski definition) is 1. The molecule has 0 aromatic carbocycles. The van der Waals surface area contributed by atoms with Gasteiger partial charge in [-0.3, -0.25) is 4.79 Å². The largest absolute Gasteiger partial charge is 0.337 e. The monoisotopic (exact) mass is 396 g/mol. The minimum Gasteiger partial charge on any atom is -0.337 e. The van der Waals surface area contributed by atoms with Crippen molar-refractivity contribution < 1.29 is 4.79 Å². The molecule has 7 nitrogen and oxygen atoms in total. The van der Waals surface area contributed by atoms with Crippen molar-refractivity contribution in [2.24, 2.45) is 5.73 Å². The van der Waals surface area contributed by atoms with E-state index in [1.165, 1.54) is 23.3 Å². The zero-order chi connectivity index (χ0) is 19.1. The quantitative estimate of drug-likeness (QED) is 0.731. The molecule has 4 heterocycles. The van der Waals surface area contributed by atoms with Gasteiger partial charge < -0.3 is 10.6 Å². The highest BCUT2D eigenvalue weighted by Gasteiger charge is 2.32. The third-order valence-electron chi connectivity index (χ3n) is 5.80. The molecular formula is C20H24N6OS. The first-order chi connectivity index (χ1) is 13.7. The van der Waals surface area contributed by atoms with Crippen LogP contribution < -0.4 is 5.73 Å². The lowest BCUT2D eigenvalue weighted by Crippen LogP contribution is -2.27. The maximum atomic E-state index is 13.1. The summed E-state index contributed by atoms with van der Waals surface area (Å²) in [6.07, 6.45) is 9.01. The topological polar surface area (TPSA) is 89.9 Å². The number of fused-ring (bicyclic) bond motifs is 2. The molecule has 1 aliphatic carbocycles. The molecule has 3 aromatic heterocycles. The van der Waals surface area contributed by atoms with Crippen molar-refractivity contribution in [2.75, 3.05) is 19.6 Å². The zero-order valence-electron chi connectivity index (χ0n) is 15.8. The fourth-order valence-electron chi connectivity index (χ4n) is 4.40. The van der Waals surface area contributed by atoms with E-state index in [1.54, 1.807) is 23.7 Å². The van der Waals surface area contributed by atoms with Gasteiger partial charge in [0.05, 0.1) is 17.1 Å². The molecule has 5 rings (SSSR count). The summed E-state index contributed by atoms with van der Waals surface area (Å²) in [5.41, 5.74) is 9.66. The van der Waals surface area contributed by atoms with E-state index in [9.17, 15) is 4.79 Å². The SMILES string of the molecule is NCCn1nc([C@@H]2CCN(C(=O)c3cc4c(s3)CCCC4)C2)c2nccnc21. The van der Waals surface area contributed by atoms with Crippen molar-refractivity contribution in [1.82, 2.24) is 24.6 Å². The fraction of sp³-hybridized carbons (Fsp3) is 0.500. The summed E-state index contributed by atoms with van der Waals surface area (Å²) in [4.78, 5) is 26.3. The van der Waals surface area contributed by atoms with E-state index in [0.717, 1.165) is 47.5 Å². The van der Waals surface area contributed by atoms with Crippen LogP contribution in [0.15, 0.2) is 18.5 Å². The minimum atomic E-state index is 0.165. The second-order valence-corrected chi connectivity index (χ2v) is 8.77. The van der Waals surface area contributed by atoms with Crippen LogP contribution in [0, 0.1) is 0 Å². The predicted octanol–water partition coefficient (Wildman–Crippen LogP) is 2.35. The molecule has 146 valence electrons. The van der Waals surface area contributed by atoms with Gasteiger partial charge >= 0.3 is 0 Å². The molecule has 0 radical (unpaired) electrons. The molecule has 1 amide bonds. The lowest BCUT2D eigenvalue weighted by molar-refractivity contribution is 0.0795. The Bertz CT molecular complexity index is 1000. The Morgan fingerprint density at radius 1 is 1.25 bits per heavy atom. The lowest BCUT2D eigenvalue weighted by Gasteiger charge is -2.15. The minimum absolute atomic E-state index is 0.165. The summed E-state index contributed by atoms with van der Waals surface area (Å²) < 4.78 is 1.84. The molecule has 2 aliphatic rings. The molecular weight excluding hydrogens is 372 g/mol. The number of hydrogen-bond acceptors (Lipinski definition) is 6. The third-order valence-corrected chi connectivity index (χ3v) is 7.03. The molecule has 0 spiro atoms. The van der Waals surface area contributed by atoms with Crippen molar-refractivity contribution in [2.45, 2.75) is 44.6 Å². The Kier molecular flexibility index (Phi) is 4.60. The molecule has 1 atom stereocenters. The average Bonchev–Trinajstić information content (AvgIpc) is 3.44. The second kappa shape index (κ2) is 7.25. The van der Waals surface area contributed by atoms with Crippen molar-refractivity contribution in [1.29, 1.82) is 0 Å². The summed E-state index contributed by atoms with van der Waals surface area (Å²) >= 11 is 1.69. The highest BCUT2D eigenvalue weighted by Crippen LogP contribution is 2.34. The Balaban J connectivity index is 1.38. The molecule has 2 N–H and O–H groups in total. The Morgan fingerprint density at radius 2 is 2.11 bits per heavy atom.